The Labute approximate surface area is 60.5 Å². The van der Waals surface area contributed by atoms with Crippen molar-refractivity contribution in [2.75, 3.05) is 0 Å². The molecule has 9 heavy (non-hydrogen) atoms. The van der Waals surface area contributed by atoms with Crippen molar-refractivity contribution in [3.8, 4) is 0 Å². The summed E-state index contributed by atoms with van der Waals surface area (Å²) in [6.45, 7) is 4.22. The zero-order chi connectivity index (χ0) is 6.85. The van der Waals surface area contributed by atoms with E-state index < -0.39 is 0 Å². The fraction of sp³-hybridized carbons (Fsp3) is 0.500. The van der Waals surface area contributed by atoms with Crippen LogP contribution in [0.2, 0.25) is 0 Å². The van der Waals surface area contributed by atoms with E-state index in [4.69, 9.17) is 7.85 Å². The van der Waals surface area contributed by atoms with Crippen LogP contribution in [0.5, 0.6) is 0 Å². The van der Waals surface area contributed by atoms with Gasteiger partial charge in [0.1, 0.15) is 7.85 Å². The molecule has 0 saturated carbocycles. The van der Waals surface area contributed by atoms with Gasteiger partial charge in [0.2, 0.25) is 0 Å². The predicted molar refractivity (Wildman–Crippen MR) is 41.6 cm³/mol. The number of thiazole rings is 1. The second kappa shape index (κ2) is 2.52. The van der Waals surface area contributed by atoms with E-state index in [1.54, 1.807) is 11.3 Å². The fourth-order valence-electron chi connectivity index (χ4n) is 0.566. The highest BCUT2D eigenvalue weighted by atomic mass is 32.1. The Morgan fingerprint density at radius 3 is 2.56 bits per heavy atom. The number of hydrogen-bond donors (Lipinski definition) is 0. The summed E-state index contributed by atoms with van der Waals surface area (Å²) in [7, 11) is 5.42. The van der Waals surface area contributed by atoms with Gasteiger partial charge in [-0.15, -0.1) is 11.3 Å². The van der Waals surface area contributed by atoms with E-state index in [2.05, 4.69) is 18.8 Å². The van der Waals surface area contributed by atoms with Crippen LogP contribution in [-0.4, -0.2) is 12.8 Å². The van der Waals surface area contributed by atoms with Gasteiger partial charge in [-0.1, -0.05) is 13.8 Å². The molecule has 0 fully saturated rings. The minimum absolute atomic E-state index is 0.507. The van der Waals surface area contributed by atoms with Crippen LogP contribution in [0.15, 0.2) is 5.38 Å². The fourth-order valence-corrected chi connectivity index (χ4v) is 1.29. The summed E-state index contributed by atoms with van der Waals surface area (Å²) in [6.07, 6.45) is 0. The van der Waals surface area contributed by atoms with Crippen molar-refractivity contribution in [3.63, 3.8) is 0 Å². The van der Waals surface area contributed by atoms with Crippen molar-refractivity contribution in [2.24, 2.45) is 0 Å². The van der Waals surface area contributed by atoms with Crippen LogP contribution >= 0.6 is 11.3 Å². The Bertz CT molecular complexity index is 195. The molecule has 0 aliphatic carbocycles. The summed E-state index contributed by atoms with van der Waals surface area (Å²) < 4.78 is 0. The van der Waals surface area contributed by atoms with Crippen molar-refractivity contribution in [1.29, 1.82) is 0 Å². The lowest BCUT2D eigenvalue weighted by molar-refractivity contribution is 0.856. The Kier molecular flexibility index (Phi) is 1.91. The topological polar surface area (TPSA) is 12.9 Å². The van der Waals surface area contributed by atoms with Crippen LogP contribution in [0.1, 0.15) is 24.8 Å². The molecule has 3 heteroatoms. The SMILES string of the molecule is [B]c1csc(C(C)C)n1. The van der Waals surface area contributed by atoms with Crippen LogP contribution in [-0.2, 0) is 0 Å². The normalized spacial score (nSPS) is 10.6. The summed E-state index contributed by atoms with van der Waals surface area (Å²) in [6, 6.07) is 0. The third kappa shape index (κ3) is 1.55. The summed E-state index contributed by atoms with van der Waals surface area (Å²) in [4.78, 5) is 4.11. The van der Waals surface area contributed by atoms with E-state index in [9.17, 15) is 0 Å². The lowest BCUT2D eigenvalue weighted by Gasteiger charge is -1.94. The molecule has 1 rings (SSSR count). The van der Waals surface area contributed by atoms with Crippen molar-refractivity contribution in [1.82, 2.24) is 4.98 Å². The monoisotopic (exact) mass is 137 g/mol. The van der Waals surface area contributed by atoms with E-state index in [1.807, 2.05) is 5.38 Å². The molecule has 1 heterocycles. The van der Waals surface area contributed by atoms with Crippen molar-refractivity contribution in [2.45, 2.75) is 19.8 Å². The van der Waals surface area contributed by atoms with E-state index >= 15 is 0 Å². The predicted octanol–water partition coefficient (Wildman–Crippen LogP) is 1.06. The van der Waals surface area contributed by atoms with Gasteiger partial charge in [0.05, 0.1) is 5.01 Å². The number of rotatable bonds is 1. The van der Waals surface area contributed by atoms with Gasteiger partial charge in [0.15, 0.2) is 0 Å². The second-order valence-electron chi connectivity index (χ2n) is 2.27. The first-order valence-electron chi connectivity index (χ1n) is 2.91. The highest BCUT2D eigenvalue weighted by Gasteiger charge is 2.00. The Balaban J connectivity index is 2.85. The molecular weight excluding hydrogens is 129 g/mol. The minimum atomic E-state index is 0.507. The molecule has 0 bridgehead atoms. The van der Waals surface area contributed by atoms with Crippen molar-refractivity contribution < 1.29 is 0 Å². The lowest BCUT2D eigenvalue weighted by Crippen LogP contribution is -2.02. The Hall–Kier alpha value is -0.305. The van der Waals surface area contributed by atoms with Gasteiger partial charge in [-0.2, -0.15) is 0 Å². The van der Waals surface area contributed by atoms with Gasteiger partial charge in [0, 0.05) is 11.3 Å². The van der Waals surface area contributed by atoms with E-state index in [0.29, 0.717) is 11.5 Å². The van der Waals surface area contributed by atoms with Crippen LogP contribution in [0.25, 0.3) is 0 Å². The molecule has 0 spiro atoms. The average molecular weight is 137 g/mol. The van der Waals surface area contributed by atoms with E-state index in [-0.39, 0.29) is 0 Å². The van der Waals surface area contributed by atoms with Gasteiger partial charge in [-0.25, -0.2) is 0 Å². The number of aromatic nitrogens is 1. The van der Waals surface area contributed by atoms with Gasteiger partial charge in [-0.3, -0.25) is 4.98 Å². The minimum Gasteiger partial charge on any atom is -0.258 e. The third-order valence-electron chi connectivity index (χ3n) is 1.03. The average Bonchev–Trinajstić information content (AvgIpc) is 2.14. The smallest absolute Gasteiger partial charge is 0.142 e. The van der Waals surface area contributed by atoms with Crippen molar-refractivity contribution >= 4 is 24.8 Å². The first-order valence-corrected chi connectivity index (χ1v) is 3.79. The number of nitrogens with zero attached hydrogens (tertiary/aromatic N) is 1. The van der Waals surface area contributed by atoms with Gasteiger partial charge < -0.3 is 0 Å². The van der Waals surface area contributed by atoms with E-state index in [0.717, 1.165) is 5.01 Å². The van der Waals surface area contributed by atoms with Crippen LogP contribution in [0.4, 0.5) is 0 Å². The summed E-state index contributed by atoms with van der Waals surface area (Å²) in [5, 5.41) is 2.99. The quantitative estimate of drug-likeness (QED) is 0.527. The summed E-state index contributed by atoms with van der Waals surface area (Å²) >= 11 is 1.62. The van der Waals surface area contributed by atoms with Gasteiger partial charge in [0.25, 0.3) is 0 Å². The van der Waals surface area contributed by atoms with Crippen molar-refractivity contribution in [3.05, 3.63) is 10.4 Å². The van der Waals surface area contributed by atoms with E-state index in [1.165, 1.54) is 0 Å². The highest BCUT2D eigenvalue weighted by molar-refractivity contribution is 7.10. The molecule has 0 aliphatic heterocycles. The standard InChI is InChI=1S/C6H8BNS/c1-4(2)6-8-5(7)3-9-6/h3-4H,1-2H3. The molecule has 0 atom stereocenters. The molecule has 46 valence electrons. The first kappa shape index (κ1) is 6.81. The number of hydrogen-bond acceptors (Lipinski definition) is 2. The maximum absolute atomic E-state index is 5.42. The van der Waals surface area contributed by atoms with Crippen LogP contribution in [0, 0.1) is 0 Å². The molecule has 0 aromatic carbocycles. The van der Waals surface area contributed by atoms with Gasteiger partial charge in [-0.05, 0) is 5.59 Å². The highest BCUT2D eigenvalue weighted by Crippen LogP contribution is 2.14. The summed E-state index contributed by atoms with van der Waals surface area (Å²) in [5.74, 6) is 0.507. The van der Waals surface area contributed by atoms with Crippen LogP contribution in [0.3, 0.4) is 0 Å². The van der Waals surface area contributed by atoms with Gasteiger partial charge >= 0.3 is 0 Å². The summed E-state index contributed by atoms with van der Waals surface area (Å²) in [5.41, 5.74) is 0.642. The molecule has 0 saturated heterocycles. The molecule has 2 radical (unpaired) electrons. The Morgan fingerprint density at radius 2 is 2.33 bits per heavy atom. The van der Waals surface area contributed by atoms with Crippen LogP contribution < -0.4 is 5.59 Å². The lowest BCUT2D eigenvalue weighted by atomic mass is 10.1. The largest absolute Gasteiger partial charge is 0.258 e. The zero-order valence-corrected chi connectivity index (χ0v) is 6.40. The molecule has 0 N–H and O–H groups in total. The third-order valence-corrected chi connectivity index (χ3v) is 2.20. The molecule has 0 unspecified atom stereocenters. The molecule has 1 nitrogen and oxygen atoms in total. The second-order valence-corrected chi connectivity index (χ2v) is 3.15. The molecular formula is C6H8BNS. The molecule has 1 aromatic rings. The zero-order valence-electron chi connectivity index (χ0n) is 5.59. The first-order chi connectivity index (χ1) is 4.20. The molecule has 0 aliphatic rings. The molecule has 0 amide bonds. The Morgan fingerprint density at radius 1 is 1.67 bits per heavy atom. The molecule has 1 aromatic heterocycles. The maximum Gasteiger partial charge on any atom is 0.142 e. The maximum atomic E-state index is 5.42.